The summed E-state index contributed by atoms with van der Waals surface area (Å²) in [5.74, 6) is -0.999. The largest absolute Gasteiger partial charge is 0.466 e. The van der Waals surface area contributed by atoms with Gasteiger partial charge in [0, 0.05) is 6.54 Å². The van der Waals surface area contributed by atoms with E-state index in [4.69, 9.17) is 17.0 Å². The van der Waals surface area contributed by atoms with Gasteiger partial charge in [-0.3, -0.25) is 14.5 Å². The van der Waals surface area contributed by atoms with E-state index in [0.717, 1.165) is 12.0 Å². The summed E-state index contributed by atoms with van der Waals surface area (Å²) in [5, 5.41) is 0. The van der Waals surface area contributed by atoms with Gasteiger partial charge >= 0.3 is 11.9 Å². The van der Waals surface area contributed by atoms with Crippen LogP contribution in [0.4, 0.5) is 0 Å². The molecule has 1 saturated heterocycles. The van der Waals surface area contributed by atoms with Crippen molar-refractivity contribution >= 4 is 52.2 Å². The van der Waals surface area contributed by atoms with Crippen molar-refractivity contribution in [3.63, 3.8) is 0 Å². The minimum Gasteiger partial charge on any atom is -0.466 e. The number of carbonyl (C=O) groups excluding carboxylic acids is 3. The average molecular weight is 393 g/mol. The molecule has 1 fully saturated rings. The molecular weight excluding hydrogens is 374 g/mol. The summed E-state index contributed by atoms with van der Waals surface area (Å²) in [6.45, 7) is 2.49. The van der Waals surface area contributed by atoms with Gasteiger partial charge in [0.2, 0.25) is 0 Å². The highest BCUT2D eigenvalue weighted by molar-refractivity contribution is 8.26. The average Bonchev–Trinajstić information content (AvgIpc) is 2.91. The van der Waals surface area contributed by atoms with Crippen LogP contribution in [0.5, 0.6) is 0 Å². The predicted octanol–water partition coefficient (Wildman–Crippen LogP) is 3.02. The monoisotopic (exact) mass is 393 g/mol. The molecule has 26 heavy (non-hydrogen) atoms. The van der Waals surface area contributed by atoms with Crippen LogP contribution in [0.15, 0.2) is 29.2 Å². The van der Waals surface area contributed by atoms with E-state index in [1.807, 2.05) is 6.92 Å². The lowest BCUT2D eigenvalue weighted by molar-refractivity contribution is -0.143. The van der Waals surface area contributed by atoms with Crippen LogP contribution in [0.2, 0.25) is 0 Å². The first kappa shape index (κ1) is 20.1. The van der Waals surface area contributed by atoms with Gasteiger partial charge in [0.25, 0.3) is 5.91 Å². The molecule has 0 bridgehead atoms. The maximum atomic E-state index is 12.5. The van der Waals surface area contributed by atoms with E-state index < -0.39 is 5.97 Å². The molecule has 0 N–H and O–H groups in total. The Kier molecular flexibility index (Phi) is 7.35. The number of carbonyl (C=O) groups is 3. The number of nitrogens with zero attached hydrogens (tertiary/aromatic N) is 1. The highest BCUT2D eigenvalue weighted by Crippen LogP contribution is 2.32. The number of methoxy groups -OCH3 is 1. The number of rotatable bonds is 7. The molecule has 0 atom stereocenters. The topological polar surface area (TPSA) is 72.9 Å². The number of ether oxygens (including phenoxy) is 2. The summed E-state index contributed by atoms with van der Waals surface area (Å²) in [6.07, 6.45) is 2.56. The summed E-state index contributed by atoms with van der Waals surface area (Å²) in [4.78, 5) is 37.4. The van der Waals surface area contributed by atoms with Crippen molar-refractivity contribution in [2.24, 2.45) is 0 Å². The number of benzene rings is 1. The first-order valence-electron chi connectivity index (χ1n) is 8.05. The van der Waals surface area contributed by atoms with E-state index in [1.165, 1.54) is 23.8 Å². The summed E-state index contributed by atoms with van der Waals surface area (Å²) < 4.78 is 10.1. The Morgan fingerprint density at radius 1 is 1.27 bits per heavy atom. The van der Waals surface area contributed by atoms with Gasteiger partial charge in [-0.25, -0.2) is 4.79 Å². The maximum Gasteiger partial charge on any atom is 0.337 e. The Hall–Kier alpha value is -2.19. The molecule has 6 nitrogen and oxygen atoms in total. The van der Waals surface area contributed by atoms with Crippen molar-refractivity contribution in [1.82, 2.24) is 4.90 Å². The second-order valence-corrected chi connectivity index (χ2v) is 7.09. The van der Waals surface area contributed by atoms with Gasteiger partial charge in [-0.05, 0) is 30.2 Å². The lowest BCUT2D eigenvalue weighted by Crippen LogP contribution is -2.30. The highest BCUT2D eigenvalue weighted by Gasteiger charge is 2.32. The minimum atomic E-state index is -0.419. The smallest absolute Gasteiger partial charge is 0.337 e. The summed E-state index contributed by atoms with van der Waals surface area (Å²) >= 11 is 6.42. The van der Waals surface area contributed by atoms with Gasteiger partial charge in [-0.15, -0.1) is 0 Å². The SMILES string of the molecule is CCCOC(=O)CCN1C(=O)/C(=C/c2ccc(C(=O)OC)cc2)SC1=S. The zero-order chi connectivity index (χ0) is 19.1. The van der Waals surface area contributed by atoms with Crippen LogP contribution in [0.1, 0.15) is 35.7 Å². The number of hydrogen-bond acceptors (Lipinski definition) is 7. The molecule has 0 radical (unpaired) electrons. The van der Waals surface area contributed by atoms with Crippen molar-refractivity contribution in [3.05, 3.63) is 40.3 Å². The van der Waals surface area contributed by atoms with Crippen LogP contribution in [-0.4, -0.2) is 47.3 Å². The van der Waals surface area contributed by atoms with Crippen LogP contribution < -0.4 is 0 Å². The van der Waals surface area contributed by atoms with Crippen molar-refractivity contribution in [3.8, 4) is 0 Å². The zero-order valence-corrected chi connectivity index (χ0v) is 16.2. The van der Waals surface area contributed by atoms with Crippen LogP contribution in [0, 0.1) is 0 Å². The van der Waals surface area contributed by atoms with Crippen LogP contribution >= 0.6 is 24.0 Å². The molecule has 2 rings (SSSR count). The van der Waals surface area contributed by atoms with Gasteiger partial charge < -0.3 is 9.47 Å². The van der Waals surface area contributed by atoms with Crippen LogP contribution in [-0.2, 0) is 19.1 Å². The van der Waals surface area contributed by atoms with Crippen molar-refractivity contribution in [2.75, 3.05) is 20.3 Å². The lowest BCUT2D eigenvalue weighted by Gasteiger charge is -2.13. The van der Waals surface area contributed by atoms with E-state index in [0.29, 0.717) is 21.4 Å². The van der Waals surface area contributed by atoms with Gasteiger partial charge in [0.15, 0.2) is 0 Å². The Labute approximate surface area is 161 Å². The maximum absolute atomic E-state index is 12.5. The van der Waals surface area contributed by atoms with Crippen LogP contribution in [0.3, 0.4) is 0 Å². The summed E-state index contributed by atoms with van der Waals surface area (Å²) in [6, 6.07) is 6.70. The first-order valence-corrected chi connectivity index (χ1v) is 9.28. The number of thiocarbonyl (C=S) groups is 1. The fourth-order valence-electron chi connectivity index (χ4n) is 2.17. The third-order valence-corrected chi connectivity index (χ3v) is 4.89. The summed E-state index contributed by atoms with van der Waals surface area (Å²) in [5.41, 5.74) is 1.20. The lowest BCUT2D eigenvalue weighted by atomic mass is 10.1. The van der Waals surface area contributed by atoms with Gasteiger partial charge in [0.1, 0.15) is 4.32 Å². The van der Waals surface area contributed by atoms with E-state index in [-0.39, 0.29) is 24.8 Å². The number of thioether (sulfide) groups is 1. The molecule has 0 aliphatic carbocycles. The quantitative estimate of drug-likeness (QED) is 0.400. The molecule has 1 amide bonds. The first-order chi connectivity index (χ1) is 12.5. The molecule has 0 aromatic heterocycles. The van der Waals surface area contributed by atoms with Crippen molar-refractivity contribution in [1.29, 1.82) is 0 Å². The Bertz CT molecular complexity index is 742. The third kappa shape index (κ3) is 5.15. The molecule has 1 aromatic carbocycles. The normalized spacial score (nSPS) is 15.5. The van der Waals surface area contributed by atoms with Crippen LogP contribution in [0.25, 0.3) is 6.08 Å². The second kappa shape index (κ2) is 9.49. The fourth-order valence-corrected chi connectivity index (χ4v) is 3.48. The standard InChI is InChI=1S/C18H19NO5S2/c1-3-10-24-15(20)8-9-19-16(21)14(26-18(19)25)11-12-4-6-13(7-5-12)17(22)23-2/h4-7,11H,3,8-10H2,1-2H3/b14-11-. The molecule has 1 heterocycles. The molecule has 138 valence electrons. The molecule has 8 heteroatoms. The number of esters is 2. The molecular formula is C18H19NO5S2. The minimum absolute atomic E-state index is 0.105. The number of amides is 1. The number of hydrogen-bond donors (Lipinski definition) is 0. The molecule has 1 aliphatic rings. The fraction of sp³-hybridized carbons (Fsp3) is 0.333. The third-order valence-electron chi connectivity index (χ3n) is 3.51. The molecule has 0 saturated carbocycles. The predicted molar refractivity (Wildman–Crippen MR) is 104 cm³/mol. The molecule has 0 unspecified atom stereocenters. The van der Waals surface area contributed by atoms with E-state index in [2.05, 4.69) is 4.74 Å². The Morgan fingerprint density at radius 3 is 2.58 bits per heavy atom. The van der Waals surface area contributed by atoms with Crippen molar-refractivity contribution in [2.45, 2.75) is 19.8 Å². The van der Waals surface area contributed by atoms with E-state index >= 15 is 0 Å². The highest BCUT2D eigenvalue weighted by atomic mass is 32.2. The van der Waals surface area contributed by atoms with Crippen molar-refractivity contribution < 1.29 is 23.9 Å². The summed E-state index contributed by atoms with van der Waals surface area (Å²) in [7, 11) is 1.32. The van der Waals surface area contributed by atoms with E-state index in [9.17, 15) is 14.4 Å². The zero-order valence-electron chi connectivity index (χ0n) is 14.5. The molecule has 1 aromatic rings. The van der Waals surface area contributed by atoms with Gasteiger partial charge in [-0.2, -0.15) is 0 Å². The Morgan fingerprint density at radius 2 is 1.96 bits per heavy atom. The van der Waals surface area contributed by atoms with E-state index in [1.54, 1.807) is 30.3 Å². The molecule has 1 aliphatic heterocycles. The Balaban J connectivity index is 2.02. The molecule has 0 spiro atoms. The van der Waals surface area contributed by atoms with Gasteiger partial charge in [-0.1, -0.05) is 43.0 Å². The van der Waals surface area contributed by atoms with Gasteiger partial charge in [0.05, 0.1) is 30.6 Å². The second-order valence-electron chi connectivity index (χ2n) is 5.42.